The molecule has 1 aliphatic heterocycles. The van der Waals surface area contributed by atoms with Crippen molar-refractivity contribution in [2.75, 3.05) is 18.1 Å². The van der Waals surface area contributed by atoms with E-state index in [9.17, 15) is 37.5 Å². The number of aromatic amines is 1. The van der Waals surface area contributed by atoms with Crippen molar-refractivity contribution < 1.29 is 71.7 Å². The van der Waals surface area contributed by atoms with Crippen molar-refractivity contribution in [3.8, 4) is 11.3 Å². The number of rotatable bonds is 6. The number of alkyl halides is 3. The number of carboxylic acids is 1. The molecule has 0 radical (unpaired) electrons. The summed E-state index contributed by atoms with van der Waals surface area (Å²) in [5, 5.41) is 10.8. The third kappa shape index (κ3) is 6.40. The fourth-order valence-corrected chi connectivity index (χ4v) is 3.70. The number of fused-ring (bicyclic) bond motifs is 1. The van der Waals surface area contributed by atoms with Gasteiger partial charge < -0.3 is 24.4 Å². The zero-order chi connectivity index (χ0) is 26.0. The summed E-state index contributed by atoms with van der Waals surface area (Å²) in [6, 6.07) is 10.7. The fraction of sp³-hybridized carbons (Fsp3) is 0.167. The van der Waals surface area contributed by atoms with E-state index in [1.54, 1.807) is 0 Å². The van der Waals surface area contributed by atoms with Crippen LogP contribution in [0.25, 0.3) is 22.0 Å². The van der Waals surface area contributed by atoms with Crippen molar-refractivity contribution in [3.63, 3.8) is 0 Å². The van der Waals surface area contributed by atoms with Gasteiger partial charge >= 0.3 is 47.8 Å². The Morgan fingerprint density at radius 3 is 2.57 bits per heavy atom. The van der Waals surface area contributed by atoms with Gasteiger partial charge in [-0.1, -0.05) is 24.3 Å². The van der Waals surface area contributed by atoms with E-state index in [4.69, 9.17) is 9.47 Å². The summed E-state index contributed by atoms with van der Waals surface area (Å²) in [5.74, 6) is -2.54. The van der Waals surface area contributed by atoms with Crippen molar-refractivity contribution >= 4 is 34.5 Å². The van der Waals surface area contributed by atoms with Gasteiger partial charge in [0, 0.05) is 28.4 Å². The number of anilines is 1. The number of pyridine rings is 1. The molecule has 1 aromatic heterocycles. The molecule has 0 bridgehead atoms. The smallest absolute Gasteiger partial charge is 0.545 e. The molecule has 1 aliphatic rings. The number of hydrogen-bond acceptors (Lipinski definition) is 7. The number of nitrogens with one attached hydrogen (secondary N) is 1. The number of amides is 1. The molecule has 1 fully saturated rings. The molecule has 0 spiro atoms. The standard InChI is InChI=1S/C24H17F3N2O7.Na/c25-24(26,27)18-4-2-1-3-16(18)19-9-13-5-6-14(10-17(13)22(33)28-19)29-11-15(36-23(29)34)12-35-21(32)8-7-20(30)31;/h1-10,15H,11-12H2,(H,28,33)(H,30,31);/q;+1/p-1/b8-7+;/t15-;/m1./s1. The first kappa shape index (κ1) is 28.0. The maximum Gasteiger partial charge on any atom is 1.00 e. The number of aliphatic carboxylic acids is 1. The second kappa shape index (κ2) is 11.2. The molecule has 0 saturated carbocycles. The molecule has 0 unspecified atom stereocenters. The molecule has 2 aromatic carbocycles. The maximum atomic E-state index is 13.4. The minimum atomic E-state index is -4.61. The van der Waals surface area contributed by atoms with Gasteiger partial charge in [-0.05, 0) is 35.7 Å². The van der Waals surface area contributed by atoms with E-state index in [1.807, 2.05) is 0 Å². The van der Waals surface area contributed by atoms with E-state index >= 15 is 0 Å². The number of cyclic esters (lactones) is 1. The van der Waals surface area contributed by atoms with Crippen LogP contribution in [0.2, 0.25) is 0 Å². The van der Waals surface area contributed by atoms with Crippen LogP contribution in [0.15, 0.2) is 65.5 Å². The zero-order valence-corrected chi connectivity index (χ0v) is 21.2. The largest absolute Gasteiger partial charge is 1.00 e. The minimum absolute atomic E-state index is 0. The Balaban J connectivity index is 0.00000380. The van der Waals surface area contributed by atoms with Crippen LogP contribution in [0.4, 0.5) is 23.7 Å². The first-order valence-corrected chi connectivity index (χ1v) is 10.4. The molecular formula is C24H16F3N2NaO7. The van der Waals surface area contributed by atoms with Crippen LogP contribution in [-0.4, -0.2) is 42.3 Å². The molecule has 1 atom stereocenters. The maximum absolute atomic E-state index is 13.4. The van der Waals surface area contributed by atoms with Crippen LogP contribution in [0, 0.1) is 0 Å². The molecule has 3 aromatic rings. The van der Waals surface area contributed by atoms with Gasteiger partial charge in [-0.3, -0.25) is 9.69 Å². The summed E-state index contributed by atoms with van der Waals surface area (Å²) < 4.78 is 50.2. The predicted octanol–water partition coefficient (Wildman–Crippen LogP) is -0.608. The normalized spacial score (nSPS) is 15.5. The molecule has 1 saturated heterocycles. The predicted molar refractivity (Wildman–Crippen MR) is 118 cm³/mol. The SMILES string of the molecule is O=C([O-])/C=C/C(=O)OC[C@H]1CN(c2ccc3cc(-c4ccccc4C(F)(F)F)[nH]c(=O)c3c2)C(=O)O1.[Na+]. The number of esters is 1. The molecule has 13 heteroatoms. The number of carbonyl (C=O) groups is 3. The Morgan fingerprint density at radius 2 is 1.86 bits per heavy atom. The van der Waals surface area contributed by atoms with Crippen LogP contribution >= 0.6 is 0 Å². The average Bonchev–Trinajstić information content (AvgIpc) is 3.21. The van der Waals surface area contributed by atoms with Crippen molar-refractivity contribution in [2.24, 2.45) is 0 Å². The second-order valence-electron chi connectivity index (χ2n) is 7.73. The zero-order valence-electron chi connectivity index (χ0n) is 19.2. The summed E-state index contributed by atoms with van der Waals surface area (Å²) in [4.78, 5) is 50.5. The summed E-state index contributed by atoms with van der Waals surface area (Å²) in [7, 11) is 0. The first-order chi connectivity index (χ1) is 17.0. The van der Waals surface area contributed by atoms with E-state index in [1.165, 1.54) is 47.4 Å². The third-order valence-corrected chi connectivity index (χ3v) is 5.30. The van der Waals surface area contributed by atoms with Crippen LogP contribution < -0.4 is 45.1 Å². The Hall–Kier alpha value is -3.61. The Morgan fingerprint density at radius 1 is 1.14 bits per heavy atom. The summed E-state index contributed by atoms with van der Waals surface area (Å²) in [5.41, 5.74) is -1.45. The number of nitrogens with zero attached hydrogens (tertiary/aromatic N) is 1. The van der Waals surface area contributed by atoms with E-state index in [2.05, 4.69) is 4.98 Å². The van der Waals surface area contributed by atoms with Crippen molar-refractivity contribution in [1.82, 2.24) is 4.98 Å². The van der Waals surface area contributed by atoms with Crippen molar-refractivity contribution in [1.29, 1.82) is 0 Å². The quantitative estimate of drug-likeness (QED) is 0.259. The number of H-pyrrole nitrogens is 1. The van der Waals surface area contributed by atoms with E-state index in [0.29, 0.717) is 17.5 Å². The van der Waals surface area contributed by atoms with Gasteiger partial charge in [0.15, 0.2) is 6.10 Å². The van der Waals surface area contributed by atoms with Crippen LogP contribution in [0.1, 0.15) is 5.56 Å². The van der Waals surface area contributed by atoms with Crippen molar-refractivity contribution in [3.05, 3.63) is 76.6 Å². The van der Waals surface area contributed by atoms with Gasteiger partial charge in [0.05, 0.1) is 18.1 Å². The van der Waals surface area contributed by atoms with Crippen LogP contribution in [-0.2, 0) is 25.2 Å². The Labute approximate surface area is 228 Å². The minimum Gasteiger partial charge on any atom is -0.545 e. The number of halogens is 3. The van der Waals surface area contributed by atoms with Gasteiger partial charge in [0.1, 0.15) is 6.61 Å². The van der Waals surface area contributed by atoms with E-state index < -0.39 is 41.4 Å². The number of aromatic nitrogens is 1. The molecule has 0 aliphatic carbocycles. The first-order valence-electron chi connectivity index (χ1n) is 10.4. The molecule has 9 nitrogen and oxygen atoms in total. The number of benzene rings is 2. The number of carboxylic acid groups (broad SMARTS) is 1. The molecule has 186 valence electrons. The molecule has 1 N–H and O–H groups in total. The van der Waals surface area contributed by atoms with Gasteiger partial charge in [-0.2, -0.15) is 13.2 Å². The third-order valence-electron chi connectivity index (χ3n) is 5.30. The van der Waals surface area contributed by atoms with Crippen molar-refractivity contribution in [2.45, 2.75) is 12.3 Å². The summed E-state index contributed by atoms with van der Waals surface area (Å²) >= 11 is 0. The molecule has 1 amide bonds. The molecule has 4 rings (SSSR count). The van der Waals surface area contributed by atoms with Gasteiger partial charge in [-0.25, -0.2) is 9.59 Å². The fourth-order valence-electron chi connectivity index (χ4n) is 3.70. The number of ether oxygens (including phenoxy) is 2. The van der Waals surface area contributed by atoms with Gasteiger partial charge in [0.25, 0.3) is 5.56 Å². The molecule has 2 heterocycles. The molecule has 37 heavy (non-hydrogen) atoms. The topological polar surface area (TPSA) is 129 Å². The van der Waals surface area contributed by atoms with Gasteiger partial charge in [0.2, 0.25) is 0 Å². The van der Waals surface area contributed by atoms with E-state index in [-0.39, 0.29) is 65.0 Å². The van der Waals surface area contributed by atoms with Crippen LogP contribution in [0.3, 0.4) is 0 Å². The Bertz CT molecular complexity index is 1450. The monoisotopic (exact) mass is 524 g/mol. The number of hydrogen-bond donors (Lipinski definition) is 1. The van der Waals surface area contributed by atoms with Crippen LogP contribution in [0.5, 0.6) is 0 Å². The molecular weight excluding hydrogens is 508 g/mol. The Kier molecular flexibility index (Phi) is 8.46. The summed E-state index contributed by atoms with van der Waals surface area (Å²) in [6.45, 7) is -0.370. The van der Waals surface area contributed by atoms with E-state index in [0.717, 1.165) is 6.07 Å². The second-order valence-corrected chi connectivity index (χ2v) is 7.73. The number of carbonyl (C=O) groups excluding carboxylic acids is 3. The average molecular weight is 524 g/mol. The van der Waals surface area contributed by atoms with Gasteiger partial charge in [-0.15, -0.1) is 0 Å². The summed E-state index contributed by atoms with van der Waals surface area (Å²) in [6.07, 6.45) is -5.09.